The molecule has 0 aromatic rings. The minimum absolute atomic E-state index is 0.431. The average molecular weight is 170 g/mol. The minimum Gasteiger partial charge on any atom is -0.381 e. The van der Waals surface area contributed by atoms with Crippen molar-refractivity contribution in [3.05, 3.63) is 0 Å². The molecule has 1 nitrogen and oxygen atoms in total. The van der Waals surface area contributed by atoms with Crippen LogP contribution >= 0.6 is 0 Å². The van der Waals surface area contributed by atoms with Crippen molar-refractivity contribution >= 4 is 0 Å². The second-order valence-corrected chi connectivity index (χ2v) is 5.08. The zero-order chi connectivity index (χ0) is 9.24. The van der Waals surface area contributed by atoms with Gasteiger partial charge in [0.05, 0.1) is 6.61 Å². The molecule has 0 aromatic carbocycles. The summed E-state index contributed by atoms with van der Waals surface area (Å²) in [7, 11) is 0. The third-order valence-electron chi connectivity index (χ3n) is 3.17. The molecule has 1 aliphatic carbocycles. The van der Waals surface area contributed by atoms with E-state index >= 15 is 0 Å². The van der Waals surface area contributed by atoms with Crippen LogP contribution in [0.25, 0.3) is 0 Å². The van der Waals surface area contributed by atoms with Crippen molar-refractivity contribution in [3.8, 4) is 0 Å². The van der Waals surface area contributed by atoms with Crippen molar-refractivity contribution in [2.45, 2.75) is 47.0 Å². The first-order valence-electron chi connectivity index (χ1n) is 5.10. The summed E-state index contributed by atoms with van der Waals surface area (Å²) in [5.41, 5.74) is 0.947. The highest BCUT2D eigenvalue weighted by Gasteiger charge is 2.51. The van der Waals surface area contributed by atoms with E-state index in [1.165, 1.54) is 12.8 Å². The van der Waals surface area contributed by atoms with E-state index in [1.807, 2.05) is 0 Å². The van der Waals surface area contributed by atoms with Crippen LogP contribution in [0.15, 0.2) is 0 Å². The summed E-state index contributed by atoms with van der Waals surface area (Å²) < 4.78 is 5.64. The molecule has 0 heterocycles. The standard InChI is InChI=1S/C11H22O/c1-5-8-12-9-11(6-7-11)10(2,3)4/h5-9H2,1-4H3. The Bertz CT molecular complexity index is 140. The second kappa shape index (κ2) is 3.37. The van der Waals surface area contributed by atoms with Gasteiger partial charge in [0, 0.05) is 6.61 Å². The van der Waals surface area contributed by atoms with Gasteiger partial charge in [-0.05, 0) is 30.1 Å². The Kier molecular flexibility index (Phi) is 2.82. The van der Waals surface area contributed by atoms with Gasteiger partial charge in [0.2, 0.25) is 0 Å². The van der Waals surface area contributed by atoms with Crippen LogP contribution in [0.5, 0.6) is 0 Å². The fourth-order valence-corrected chi connectivity index (χ4v) is 1.67. The fraction of sp³-hybridized carbons (Fsp3) is 1.00. The van der Waals surface area contributed by atoms with Crippen molar-refractivity contribution in [2.75, 3.05) is 13.2 Å². The second-order valence-electron chi connectivity index (χ2n) is 5.08. The molecule has 1 heteroatoms. The van der Waals surface area contributed by atoms with Crippen LogP contribution in [0.2, 0.25) is 0 Å². The first-order valence-corrected chi connectivity index (χ1v) is 5.10. The van der Waals surface area contributed by atoms with Gasteiger partial charge >= 0.3 is 0 Å². The molecular weight excluding hydrogens is 148 g/mol. The third kappa shape index (κ3) is 2.01. The molecule has 0 spiro atoms. The molecule has 0 amide bonds. The van der Waals surface area contributed by atoms with Crippen molar-refractivity contribution in [3.63, 3.8) is 0 Å². The molecule has 0 aromatic heterocycles. The highest BCUT2D eigenvalue weighted by atomic mass is 16.5. The van der Waals surface area contributed by atoms with Crippen molar-refractivity contribution in [1.82, 2.24) is 0 Å². The summed E-state index contributed by atoms with van der Waals surface area (Å²) in [5.74, 6) is 0. The van der Waals surface area contributed by atoms with Crippen LogP contribution < -0.4 is 0 Å². The van der Waals surface area contributed by atoms with E-state index in [-0.39, 0.29) is 0 Å². The van der Waals surface area contributed by atoms with Gasteiger partial charge in [-0.3, -0.25) is 0 Å². The Morgan fingerprint density at radius 2 is 1.83 bits per heavy atom. The lowest BCUT2D eigenvalue weighted by Gasteiger charge is -2.30. The van der Waals surface area contributed by atoms with Crippen LogP contribution in [0.1, 0.15) is 47.0 Å². The molecule has 0 aliphatic heterocycles. The minimum atomic E-state index is 0.431. The van der Waals surface area contributed by atoms with Crippen molar-refractivity contribution in [2.24, 2.45) is 10.8 Å². The maximum atomic E-state index is 5.64. The Morgan fingerprint density at radius 3 is 2.17 bits per heavy atom. The maximum Gasteiger partial charge on any atom is 0.0527 e. The van der Waals surface area contributed by atoms with E-state index in [1.54, 1.807) is 0 Å². The van der Waals surface area contributed by atoms with Crippen LogP contribution in [-0.4, -0.2) is 13.2 Å². The quantitative estimate of drug-likeness (QED) is 0.588. The first-order chi connectivity index (χ1) is 5.52. The molecule has 1 saturated carbocycles. The van der Waals surface area contributed by atoms with Gasteiger partial charge in [0.25, 0.3) is 0 Å². The van der Waals surface area contributed by atoms with Crippen molar-refractivity contribution < 1.29 is 4.74 Å². The molecule has 72 valence electrons. The van der Waals surface area contributed by atoms with Gasteiger partial charge in [-0.25, -0.2) is 0 Å². The van der Waals surface area contributed by atoms with E-state index in [0.29, 0.717) is 10.8 Å². The Hall–Kier alpha value is -0.0400. The maximum absolute atomic E-state index is 5.64. The van der Waals surface area contributed by atoms with Gasteiger partial charge in [0.1, 0.15) is 0 Å². The van der Waals surface area contributed by atoms with Crippen LogP contribution in [0.3, 0.4) is 0 Å². The average Bonchev–Trinajstić information content (AvgIpc) is 2.67. The van der Waals surface area contributed by atoms with E-state index in [9.17, 15) is 0 Å². The van der Waals surface area contributed by atoms with E-state index < -0.39 is 0 Å². The highest BCUT2D eigenvalue weighted by molar-refractivity contribution is 5.01. The third-order valence-corrected chi connectivity index (χ3v) is 3.17. The van der Waals surface area contributed by atoms with E-state index in [2.05, 4.69) is 27.7 Å². The van der Waals surface area contributed by atoms with Crippen LogP contribution in [0, 0.1) is 10.8 Å². The van der Waals surface area contributed by atoms with Crippen molar-refractivity contribution in [1.29, 1.82) is 0 Å². The molecular formula is C11H22O. The lowest BCUT2D eigenvalue weighted by molar-refractivity contribution is 0.0407. The van der Waals surface area contributed by atoms with Crippen LogP contribution in [-0.2, 0) is 4.74 Å². The Labute approximate surface area is 76.5 Å². The lowest BCUT2D eigenvalue weighted by atomic mass is 9.78. The molecule has 0 N–H and O–H groups in total. The summed E-state index contributed by atoms with van der Waals surface area (Å²) in [4.78, 5) is 0. The molecule has 0 bridgehead atoms. The first kappa shape index (κ1) is 10.0. The summed E-state index contributed by atoms with van der Waals surface area (Å²) in [6.45, 7) is 11.1. The highest BCUT2D eigenvalue weighted by Crippen LogP contribution is 2.58. The van der Waals surface area contributed by atoms with E-state index in [0.717, 1.165) is 19.6 Å². The summed E-state index contributed by atoms with van der Waals surface area (Å²) in [5, 5.41) is 0. The molecule has 12 heavy (non-hydrogen) atoms. The molecule has 1 rings (SSSR count). The summed E-state index contributed by atoms with van der Waals surface area (Å²) >= 11 is 0. The normalized spacial score (nSPS) is 21.0. The van der Waals surface area contributed by atoms with Gasteiger partial charge in [-0.1, -0.05) is 27.7 Å². The number of hydrogen-bond donors (Lipinski definition) is 0. The predicted molar refractivity (Wildman–Crippen MR) is 52.2 cm³/mol. The molecule has 1 aliphatic rings. The largest absolute Gasteiger partial charge is 0.381 e. The summed E-state index contributed by atoms with van der Waals surface area (Å²) in [6.07, 6.45) is 3.86. The lowest BCUT2D eigenvalue weighted by Crippen LogP contribution is -2.27. The van der Waals surface area contributed by atoms with Gasteiger partial charge in [-0.15, -0.1) is 0 Å². The van der Waals surface area contributed by atoms with E-state index in [4.69, 9.17) is 4.74 Å². The number of hydrogen-bond acceptors (Lipinski definition) is 1. The SMILES string of the molecule is CCCOCC1(C(C)(C)C)CC1. The summed E-state index contributed by atoms with van der Waals surface area (Å²) in [6, 6.07) is 0. The van der Waals surface area contributed by atoms with Gasteiger partial charge < -0.3 is 4.74 Å². The topological polar surface area (TPSA) is 9.23 Å². The molecule has 1 fully saturated rings. The van der Waals surface area contributed by atoms with Gasteiger partial charge in [-0.2, -0.15) is 0 Å². The van der Waals surface area contributed by atoms with Crippen LogP contribution in [0.4, 0.5) is 0 Å². The fourth-order valence-electron chi connectivity index (χ4n) is 1.67. The zero-order valence-corrected chi connectivity index (χ0v) is 8.94. The smallest absolute Gasteiger partial charge is 0.0527 e. The number of rotatable bonds is 4. The molecule has 0 radical (unpaired) electrons. The zero-order valence-electron chi connectivity index (χ0n) is 8.94. The molecule has 0 atom stereocenters. The van der Waals surface area contributed by atoms with Gasteiger partial charge in [0.15, 0.2) is 0 Å². The Morgan fingerprint density at radius 1 is 1.25 bits per heavy atom. The molecule has 0 saturated heterocycles. The Balaban J connectivity index is 2.30. The number of ether oxygens (including phenoxy) is 1. The predicted octanol–water partition coefficient (Wildman–Crippen LogP) is 3.24. The molecule has 0 unspecified atom stereocenters. The monoisotopic (exact) mass is 170 g/mol.